The van der Waals surface area contributed by atoms with Gasteiger partial charge in [-0.1, -0.05) is 6.42 Å². The topological polar surface area (TPSA) is 43.1 Å². The molecule has 0 saturated heterocycles. The van der Waals surface area contributed by atoms with E-state index in [1.807, 2.05) is 0 Å². The van der Waals surface area contributed by atoms with E-state index in [1.165, 1.54) is 0 Å². The molecule has 0 spiro atoms. The molecule has 1 fully saturated rings. The molecule has 0 aromatic rings. The molecular weight excluding hydrogens is 90.1 g/mol. The molecule has 1 rings (SSSR count). The van der Waals surface area contributed by atoms with E-state index in [0.717, 1.165) is 25.2 Å². The number of hydrogen-bond donors (Lipinski definition) is 1. The quantitative estimate of drug-likeness (QED) is 0.501. The van der Waals surface area contributed by atoms with Crippen LogP contribution in [-0.4, -0.2) is 5.91 Å². The van der Waals surface area contributed by atoms with Crippen molar-refractivity contribution in [1.82, 2.24) is 0 Å². The lowest BCUT2D eigenvalue weighted by atomic mass is 9.85. The SMILES string of the molecule is NC(=O)[C]1CCC1. The van der Waals surface area contributed by atoms with Gasteiger partial charge in [-0.2, -0.15) is 0 Å². The molecule has 0 heterocycles. The van der Waals surface area contributed by atoms with Crippen LogP contribution in [0.3, 0.4) is 0 Å². The Kier molecular flexibility index (Phi) is 1.01. The van der Waals surface area contributed by atoms with Gasteiger partial charge in [-0.3, -0.25) is 4.79 Å². The van der Waals surface area contributed by atoms with Crippen LogP contribution in [0.2, 0.25) is 0 Å². The minimum atomic E-state index is -0.203. The Hall–Kier alpha value is -0.530. The Morgan fingerprint density at radius 3 is 2.14 bits per heavy atom. The average molecular weight is 98.1 g/mol. The van der Waals surface area contributed by atoms with Gasteiger partial charge in [0.2, 0.25) is 5.91 Å². The van der Waals surface area contributed by atoms with Crippen molar-refractivity contribution in [2.75, 3.05) is 0 Å². The van der Waals surface area contributed by atoms with Crippen molar-refractivity contribution in [2.24, 2.45) is 5.73 Å². The molecule has 1 aliphatic carbocycles. The first kappa shape index (κ1) is 4.62. The molecule has 1 radical (unpaired) electrons. The van der Waals surface area contributed by atoms with Crippen LogP contribution in [0.25, 0.3) is 0 Å². The molecule has 1 saturated carbocycles. The van der Waals surface area contributed by atoms with E-state index < -0.39 is 0 Å². The van der Waals surface area contributed by atoms with E-state index in [-0.39, 0.29) is 5.91 Å². The number of nitrogens with two attached hydrogens (primary N) is 1. The minimum Gasteiger partial charge on any atom is -0.369 e. The second-order valence-corrected chi connectivity index (χ2v) is 1.82. The average Bonchev–Trinajstić information content (AvgIpc) is 1.23. The molecule has 0 aromatic heterocycles. The smallest absolute Gasteiger partial charge is 0.224 e. The van der Waals surface area contributed by atoms with Crippen LogP contribution in [0, 0.1) is 5.92 Å². The highest BCUT2D eigenvalue weighted by molar-refractivity contribution is 5.89. The molecule has 2 nitrogen and oxygen atoms in total. The summed E-state index contributed by atoms with van der Waals surface area (Å²) >= 11 is 0. The second kappa shape index (κ2) is 1.52. The predicted molar refractivity (Wildman–Crippen MR) is 26.3 cm³/mol. The second-order valence-electron chi connectivity index (χ2n) is 1.82. The van der Waals surface area contributed by atoms with Crippen LogP contribution in [0.5, 0.6) is 0 Å². The van der Waals surface area contributed by atoms with Crippen LogP contribution in [-0.2, 0) is 4.79 Å². The van der Waals surface area contributed by atoms with Gasteiger partial charge in [0, 0.05) is 0 Å². The van der Waals surface area contributed by atoms with E-state index in [9.17, 15) is 4.79 Å². The monoisotopic (exact) mass is 98.1 g/mol. The summed E-state index contributed by atoms with van der Waals surface area (Å²) in [6.45, 7) is 0. The lowest BCUT2D eigenvalue weighted by Gasteiger charge is -2.19. The summed E-state index contributed by atoms with van der Waals surface area (Å²) in [7, 11) is 0. The zero-order valence-electron chi connectivity index (χ0n) is 4.11. The van der Waals surface area contributed by atoms with Gasteiger partial charge in [-0.15, -0.1) is 0 Å². The van der Waals surface area contributed by atoms with Crippen LogP contribution in [0.4, 0.5) is 0 Å². The summed E-state index contributed by atoms with van der Waals surface area (Å²) in [6, 6.07) is 0. The Morgan fingerprint density at radius 1 is 1.57 bits per heavy atom. The van der Waals surface area contributed by atoms with Crippen LogP contribution in [0.15, 0.2) is 0 Å². The number of amides is 1. The Bertz CT molecular complexity index is 86.1. The number of rotatable bonds is 1. The maximum absolute atomic E-state index is 10.2. The molecule has 0 bridgehead atoms. The van der Waals surface area contributed by atoms with Crippen LogP contribution in [0.1, 0.15) is 19.3 Å². The van der Waals surface area contributed by atoms with Crippen molar-refractivity contribution in [1.29, 1.82) is 0 Å². The van der Waals surface area contributed by atoms with Gasteiger partial charge in [0.25, 0.3) is 0 Å². The van der Waals surface area contributed by atoms with Gasteiger partial charge in [-0.05, 0) is 12.8 Å². The van der Waals surface area contributed by atoms with E-state index >= 15 is 0 Å². The fraction of sp³-hybridized carbons (Fsp3) is 0.600. The molecular formula is C5H8NO. The normalized spacial score (nSPS) is 21.1. The van der Waals surface area contributed by atoms with Crippen molar-refractivity contribution in [3.63, 3.8) is 0 Å². The minimum absolute atomic E-state index is 0.203. The molecule has 0 unspecified atom stereocenters. The summed E-state index contributed by atoms with van der Waals surface area (Å²) in [5.41, 5.74) is 4.92. The first-order valence-corrected chi connectivity index (χ1v) is 2.45. The van der Waals surface area contributed by atoms with Gasteiger partial charge >= 0.3 is 0 Å². The van der Waals surface area contributed by atoms with E-state index in [4.69, 9.17) is 5.73 Å². The third-order valence-corrected chi connectivity index (χ3v) is 1.31. The summed E-state index contributed by atoms with van der Waals surface area (Å²) in [6.07, 6.45) is 3.03. The van der Waals surface area contributed by atoms with Gasteiger partial charge in [0.1, 0.15) is 0 Å². The summed E-state index contributed by atoms with van der Waals surface area (Å²) in [5.74, 6) is 0.714. The van der Waals surface area contributed by atoms with Crippen molar-refractivity contribution in [2.45, 2.75) is 19.3 Å². The molecule has 2 heteroatoms. The van der Waals surface area contributed by atoms with E-state index in [1.54, 1.807) is 0 Å². The Balaban J connectivity index is 2.27. The molecule has 7 heavy (non-hydrogen) atoms. The largest absolute Gasteiger partial charge is 0.369 e. The molecule has 0 aliphatic heterocycles. The number of hydrogen-bond acceptors (Lipinski definition) is 1. The fourth-order valence-electron chi connectivity index (χ4n) is 0.600. The van der Waals surface area contributed by atoms with Crippen LogP contribution < -0.4 is 5.73 Å². The van der Waals surface area contributed by atoms with Crippen molar-refractivity contribution in [3.8, 4) is 0 Å². The third-order valence-electron chi connectivity index (χ3n) is 1.31. The van der Waals surface area contributed by atoms with E-state index in [0.29, 0.717) is 0 Å². The van der Waals surface area contributed by atoms with Crippen molar-refractivity contribution in [3.05, 3.63) is 5.92 Å². The third kappa shape index (κ3) is 0.734. The molecule has 0 atom stereocenters. The number of carbonyl (C=O) groups excluding carboxylic acids is 1. The maximum Gasteiger partial charge on any atom is 0.224 e. The van der Waals surface area contributed by atoms with Gasteiger partial charge in [-0.25, -0.2) is 0 Å². The molecule has 1 aliphatic rings. The summed E-state index contributed by atoms with van der Waals surface area (Å²) < 4.78 is 0. The maximum atomic E-state index is 10.2. The van der Waals surface area contributed by atoms with E-state index in [2.05, 4.69) is 0 Å². The van der Waals surface area contributed by atoms with Crippen molar-refractivity contribution >= 4 is 5.91 Å². The zero-order chi connectivity index (χ0) is 5.28. The highest BCUT2D eigenvalue weighted by Gasteiger charge is 2.22. The standard InChI is InChI=1S/C5H8NO/c6-5(7)4-2-1-3-4/h1-3H2,(H2,6,7). The van der Waals surface area contributed by atoms with Crippen LogP contribution >= 0.6 is 0 Å². The lowest BCUT2D eigenvalue weighted by Crippen LogP contribution is -2.26. The first-order valence-electron chi connectivity index (χ1n) is 2.45. The van der Waals surface area contributed by atoms with Gasteiger partial charge in [0.15, 0.2) is 0 Å². The molecule has 1 amide bonds. The summed E-state index contributed by atoms with van der Waals surface area (Å²) in [4.78, 5) is 10.2. The van der Waals surface area contributed by atoms with Gasteiger partial charge < -0.3 is 5.73 Å². The fourth-order valence-corrected chi connectivity index (χ4v) is 0.600. The molecule has 2 N–H and O–H groups in total. The Morgan fingerprint density at radius 2 is 2.14 bits per heavy atom. The lowest BCUT2D eigenvalue weighted by molar-refractivity contribution is -0.117. The highest BCUT2D eigenvalue weighted by Crippen LogP contribution is 2.27. The van der Waals surface area contributed by atoms with Gasteiger partial charge in [0.05, 0.1) is 5.92 Å². The molecule has 39 valence electrons. The molecule has 0 aromatic carbocycles. The highest BCUT2D eigenvalue weighted by atomic mass is 16.1. The summed E-state index contributed by atoms with van der Waals surface area (Å²) in [5, 5.41) is 0. The first-order chi connectivity index (χ1) is 3.30. The predicted octanol–water partition coefficient (Wildman–Crippen LogP) is 0.230. The van der Waals surface area contributed by atoms with Crippen molar-refractivity contribution < 1.29 is 4.79 Å². The zero-order valence-corrected chi connectivity index (χ0v) is 4.11. The number of primary amides is 1. The Labute approximate surface area is 42.7 Å². The number of carbonyl (C=O) groups is 1.